The standard InChI is InChI=1S/C45H31N3/c1-5-14-32(15-6-1)34-24-28-38(29-25-34)43-46-44(39-30-26-35(27-31-39)33-16-7-2-8-17-33)48-45(47-43)41-23-13-22-40(36-18-9-3-10-19-36)42(41)37-20-11-4-12-21-37/h1-31H. The molecular formula is C45H31N3. The van der Waals surface area contributed by atoms with E-state index in [1.807, 2.05) is 24.3 Å². The second-order valence-electron chi connectivity index (χ2n) is 11.7. The van der Waals surface area contributed by atoms with Crippen LogP contribution < -0.4 is 0 Å². The Bertz CT molecular complexity index is 2180. The molecule has 0 spiro atoms. The number of hydrogen-bond donors (Lipinski definition) is 0. The summed E-state index contributed by atoms with van der Waals surface area (Å²) in [6.07, 6.45) is 0. The summed E-state index contributed by atoms with van der Waals surface area (Å²) in [4.78, 5) is 15.4. The van der Waals surface area contributed by atoms with Crippen LogP contribution in [0.1, 0.15) is 0 Å². The van der Waals surface area contributed by atoms with Crippen molar-refractivity contribution in [1.82, 2.24) is 15.0 Å². The van der Waals surface area contributed by atoms with Crippen LogP contribution in [0.3, 0.4) is 0 Å². The summed E-state index contributed by atoms with van der Waals surface area (Å²) in [5.74, 6) is 1.89. The van der Waals surface area contributed by atoms with E-state index in [9.17, 15) is 0 Å². The van der Waals surface area contributed by atoms with Crippen LogP contribution in [0.25, 0.3) is 78.7 Å². The van der Waals surface area contributed by atoms with Gasteiger partial charge in [-0.15, -0.1) is 0 Å². The first-order valence-corrected chi connectivity index (χ1v) is 16.1. The molecule has 0 N–H and O–H groups in total. The molecule has 0 atom stereocenters. The number of benzene rings is 7. The third kappa shape index (κ3) is 5.93. The minimum Gasteiger partial charge on any atom is -0.208 e. The van der Waals surface area contributed by atoms with Crippen molar-refractivity contribution in [3.63, 3.8) is 0 Å². The molecule has 3 nitrogen and oxygen atoms in total. The van der Waals surface area contributed by atoms with E-state index < -0.39 is 0 Å². The summed E-state index contributed by atoms with van der Waals surface area (Å²) in [6.45, 7) is 0. The van der Waals surface area contributed by atoms with Gasteiger partial charge in [0.05, 0.1) is 0 Å². The van der Waals surface area contributed by atoms with Gasteiger partial charge in [0.2, 0.25) is 0 Å². The van der Waals surface area contributed by atoms with Crippen LogP contribution in [0.4, 0.5) is 0 Å². The molecule has 7 aromatic carbocycles. The van der Waals surface area contributed by atoms with Gasteiger partial charge in [-0.2, -0.15) is 0 Å². The maximum absolute atomic E-state index is 5.17. The molecule has 0 saturated carbocycles. The molecule has 1 heterocycles. The fourth-order valence-electron chi connectivity index (χ4n) is 6.15. The molecule has 1 aromatic heterocycles. The molecule has 0 amide bonds. The van der Waals surface area contributed by atoms with Crippen LogP contribution in [0.2, 0.25) is 0 Å². The SMILES string of the molecule is c1ccc(-c2ccc(-c3nc(-c4ccc(-c5ccccc5)cc4)nc(-c4cccc(-c5ccccc5)c4-c4ccccc4)n3)cc2)cc1. The highest BCUT2D eigenvalue weighted by atomic mass is 15.0. The predicted octanol–water partition coefficient (Wildman–Crippen LogP) is 11.5. The van der Waals surface area contributed by atoms with Crippen molar-refractivity contribution in [2.24, 2.45) is 0 Å². The lowest BCUT2D eigenvalue weighted by atomic mass is 9.90. The molecular weight excluding hydrogens is 583 g/mol. The Morgan fingerprint density at radius 2 is 0.542 bits per heavy atom. The van der Waals surface area contributed by atoms with Crippen LogP contribution in [0.5, 0.6) is 0 Å². The molecule has 48 heavy (non-hydrogen) atoms. The second-order valence-corrected chi connectivity index (χ2v) is 11.7. The second kappa shape index (κ2) is 13.1. The molecule has 0 radical (unpaired) electrons. The molecule has 0 aliphatic carbocycles. The van der Waals surface area contributed by atoms with Crippen molar-refractivity contribution in [1.29, 1.82) is 0 Å². The quantitative estimate of drug-likeness (QED) is 0.179. The van der Waals surface area contributed by atoms with Gasteiger partial charge in [0.1, 0.15) is 0 Å². The molecule has 0 aliphatic heterocycles. The normalized spacial score (nSPS) is 10.9. The first-order valence-electron chi connectivity index (χ1n) is 16.1. The van der Waals surface area contributed by atoms with Crippen molar-refractivity contribution >= 4 is 0 Å². The minimum atomic E-state index is 0.630. The van der Waals surface area contributed by atoms with E-state index in [-0.39, 0.29) is 0 Å². The lowest BCUT2D eigenvalue weighted by Gasteiger charge is -2.16. The van der Waals surface area contributed by atoms with Crippen LogP contribution in [0.15, 0.2) is 188 Å². The van der Waals surface area contributed by atoms with Crippen LogP contribution >= 0.6 is 0 Å². The van der Waals surface area contributed by atoms with Gasteiger partial charge in [-0.3, -0.25) is 0 Å². The van der Waals surface area contributed by atoms with Crippen molar-refractivity contribution in [3.05, 3.63) is 188 Å². The van der Waals surface area contributed by atoms with Crippen molar-refractivity contribution in [2.75, 3.05) is 0 Å². The topological polar surface area (TPSA) is 38.7 Å². The zero-order chi connectivity index (χ0) is 32.1. The molecule has 226 valence electrons. The third-order valence-corrected chi connectivity index (χ3v) is 8.59. The largest absolute Gasteiger partial charge is 0.208 e. The van der Waals surface area contributed by atoms with Crippen molar-refractivity contribution < 1.29 is 0 Å². The van der Waals surface area contributed by atoms with E-state index in [1.54, 1.807) is 0 Å². The minimum absolute atomic E-state index is 0.630. The van der Waals surface area contributed by atoms with E-state index in [0.717, 1.165) is 50.1 Å². The summed E-state index contributed by atoms with van der Waals surface area (Å²) in [7, 11) is 0. The van der Waals surface area contributed by atoms with Gasteiger partial charge >= 0.3 is 0 Å². The first kappa shape index (κ1) is 29.0. The zero-order valence-corrected chi connectivity index (χ0v) is 26.2. The van der Waals surface area contributed by atoms with Crippen molar-refractivity contribution in [2.45, 2.75) is 0 Å². The highest BCUT2D eigenvalue weighted by molar-refractivity contribution is 5.93. The Labute approximate surface area is 280 Å². The maximum Gasteiger partial charge on any atom is 0.164 e. The van der Waals surface area contributed by atoms with E-state index in [1.165, 1.54) is 11.1 Å². The molecule has 8 aromatic rings. The van der Waals surface area contributed by atoms with Gasteiger partial charge in [0.25, 0.3) is 0 Å². The Morgan fingerprint density at radius 1 is 0.208 bits per heavy atom. The van der Waals surface area contributed by atoms with Gasteiger partial charge < -0.3 is 0 Å². The molecule has 3 heteroatoms. The molecule has 0 bridgehead atoms. The number of rotatable bonds is 7. The van der Waals surface area contributed by atoms with Crippen LogP contribution in [-0.4, -0.2) is 15.0 Å². The van der Waals surface area contributed by atoms with Gasteiger partial charge in [0.15, 0.2) is 17.5 Å². The molecule has 8 rings (SSSR count). The highest BCUT2D eigenvalue weighted by Crippen LogP contribution is 2.40. The highest BCUT2D eigenvalue weighted by Gasteiger charge is 2.19. The fraction of sp³-hybridized carbons (Fsp3) is 0. The Morgan fingerprint density at radius 3 is 1.00 bits per heavy atom. The summed E-state index contributed by atoms with van der Waals surface area (Å²) >= 11 is 0. The average Bonchev–Trinajstić information content (AvgIpc) is 3.19. The van der Waals surface area contributed by atoms with E-state index in [0.29, 0.717) is 17.5 Å². The molecule has 0 unspecified atom stereocenters. The summed E-state index contributed by atoms with van der Waals surface area (Å²) in [6, 6.07) is 65.1. The zero-order valence-electron chi connectivity index (χ0n) is 26.2. The monoisotopic (exact) mass is 613 g/mol. The summed E-state index contributed by atoms with van der Waals surface area (Å²) in [5.41, 5.74) is 11.9. The first-order chi connectivity index (χ1) is 23.8. The average molecular weight is 614 g/mol. The summed E-state index contributed by atoms with van der Waals surface area (Å²) < 4.78 is 0. The number of aromatic nitrogens is 3. The smallest absolute Gasteiger partial charge is 0.164 e. The number of hydrogen-bond acceptors (Lipinski definition) is 3. The van der Waals surface area contributed by atoms with Crippen LogP contribution in [-0.2, 0) is 0 Å². The molecule has 0 aliphatic rings. The van der Waals surface area contributed by atoms with Gasteiger partial charge in [-0.25, -0.2) is 15.0 Å². The predicted molar refractivity (Wildman–Crippen MR) is 198 cm³/mol. The van der Waals surface area contributed by atoms with Crippen molar-refractivity contribution in [3.8, 4) is 78.7 Å². The molecule has 0 saturated heterocycles. The lowest BCUT2D eigenvalue weighted by molar-refractivity contribution is 1.07. The van der Waals surface area contributed by atoms with Gasteiger partial charge in [-0.1, -0.05) is 188 Å². The van der Waals surface area contributed by atoms with E-state index >= 15 is 0 Å². The van der Waals surface area contributed by atoms with Crippen LogP contribution in [0, 0.1) is 0 Å². The third-order valence-electron chi connectivity index (χ3n) is 8.59. The van der Waals surface area contributed by atoms with E-state index in [2.05, 4.69) is 164 Å². The Kier molecular flexibility index (Phi) is 7.92. The Hall–Kier alpha value is -6.45. The lowest BCUT2D eigenvalue weighted by Crippen LogP contribution is -2.02. The Balaban J connectivity index is 1.31. The molecule has 0 fully saturated rings. The fourth-order valence-corrected chi connectivity index (χ4v) is 6.15. The van der Waals surface area contributed by atoms with E-state index in [4.69, 9.17) is 15.0 Å². The van der Waals surface area contributed by atoms with Gasteiger partial charge in [0, 0.05) is 22.3 Å². The number of nitrogens with zero attached hydrogens (tertiary/aromatic N) is 3. The summed E-state index contributed by atoms with van der Waals surface area (Å²) in [5, 5.41) is 0. The maximum atomic E-state index is 5.17. The van der Waals surface area contributed by atoms with Gasteiger partial charge in [-0.05, 0) is 38.9 Å².